The molecule has 1 N–H and O–H groups in total. The predicted octanol–water partition coefficient (Wildman–Crippen LogP) is 0.716. The van der Waals surface area contributed by atoms with E-state index < -0.39 is 0 Å². The molecule has 7 nitrogen and oxygen atoms in total. The van der Waals surface area contributed by atoms with Crippen molar-refractivity contribution < 1.29 is 9.53 Å². The Morgan fingerprint density at radius 3 is 3.15 bits per heavy atom. The van der Waals surface area contributed by atoms with Gasteiger partial charge in [-0.15, -0.1) is 5.10 Å². The summed E-state index contributed by atoms with van der Waals surface area (Å²) in [4.78, 5) is 11.8. The number of hydrogen-bond acceptors (Lipinski definition) is 6. The van der Waals surface area contributed by atoms with Crippen LogP contribution in [0, 0.1) is 5.92 Å². The van der Waals surface area contributed by atoms with E-state index in [-0.39, 0.29) is 12.0 Å². The van der Waals surface area contributed by atoms with Crippen LogP contribution in [-0.2, 0) is 16.1 Å². The molecule has 20 heavy (non-hydrogen) atoms. The van der Waals surface area contributed by atoms with Gasteiger partial charge in [0.05, 0.1) is 11.9 Å². The van der Waals surface area contributed by atoms with E-state index >= 15 is 0 Å². The molecule has 1 aliphatic rings. The lowest BCUT2D eigenvalue weighted by Crippen LogP contribution is -2.33. The van der Waals surface area contributed by atoms with Crippen LogP contribution in [0.15, 0.2) is 5.16 Å². The number of amides is 1. The van der Waals surface area contributed by atoms with Crippen molar-refractivity contribution in [3.8, 4) is 0 Å². The molecular weight excluding hydrogens is 278 g/mol. The lowest BCUT2D eigenvalue weighted by molar-refractivity contribution is -0.119. The Morgan fingerprint density at radius 1 is 1.60 bits per heavy atom. The Balaban J connectivity index is 1.71. The molecule has 1 aromatic heterocycles. The van der Waals surface area contributed by atoms with Crippen molar-refractivity contribution in [1.29, 1.82) is 0 Å². The molecule has 8 heteroatoms. The van der Waals surface area contributed by atoms with Crippen molar-refractivity contribution in [2.24, 2.45) is 5.92 Å². The first-order chi connectivity index (χ1) is 9.65. The van der Waals surface area contributed by atoms with Crippen LogP contribution in [0.3, 0.4) is 0 Å². The fourth-order valence-electron chi connectivity index (χ4n) is 1.97. The van der Waals surface area contributed by atoms with Crippen molar-refractivity contribution in [3.05, 3.63) is 0 Å². The summed E-state index contributed by atoms with van der Waals surface area (Å²) < 4.78 is 7.20. The normalized spacial score (nSPS) is 18.6. The first kappa shape index (κ1) is 15.2. The largest absolute Gasteiger partial charge is 0.376 e. The number of nitrogens with one attached hydrogen (secondary N) is 1. The fraction of sp³-hybridized carbons (Fsp3) is 0.833. The maximum Gasteiger partial charge on any atom is 0.230 e. The molecule has 1 fully saturated rings. The number of tetrazole rings is 1. The molecule has 1 atom stereocenters. The lowest BCUT2D eigenvalue weighted by Gasteiger charge is -2.10. The van der Waals surface area contributed by atoms with Gasteiger partial charge in [-0.2, -0.15) is 0 Å². The highest BCUT2D eigenvalue weighted by Crippen LogP contribution is 2.15. The summed E-state index contributed by atoms with van der Waals surface area (Å²) in [5.74, 6) is 0.779. The third-order valence-corrected chi connectivity index (χ3v) is 3.88. The van der Waals surface area contributed by atoms with E-state index in [2.05, 4.69) is 34.7 Å². The van der Waals surface area contributed by atoms with Gasteiger partial charge >= 0.3 is 0 Å². The van der Waals surface area contributed by atoms with Crippen LogP contribution in [0.2, 0.25) is 0 Å². The van der Waals surface area contributed by atoms with Gasteiger partial charge in [0.25, 0.3) is 0 Å². The summed E-state index contributed by atoms with van der Waals surface area (Å²) in [7, 11) is 0. The second kappa shape index (κ2) is 7.58. The minimum atomic E-state index is -0.00963. The molecule has 0 aliphatic carbocycles. The molecule has 2 heterocycles. The molecule has 0 spiro atoms. The molecule has 1 aromatic rings. The summed E-state index contributed by atoms with van der Waals surface area (Å²) in [6.45, 7) is 6.36. The smallest absolute Gasteiger partial charge is 0.230 e. The van der Waals surface area contributed by atoms with E-state index in [9.17, 15) is 4.79 Å². The zero-order valence-electron chi connectivity index (χ0n) is 11.9. The first-order valence-electron chi connectivity index (χ1n) is 6.92. The Hall–Kier alpha value is -1.15. The minimum absolute atomic E-state index is 0.00963. The zero-order chi connectivity index (χ0) is 14.4. The van der Waals surface area contributed by atoms with Crippen molar-refractivity contribution in [1.82, 2.24) is 25.5 Å². The first-order valence-corrected chi connectivity index (χ1v) is 7.91. The quantitative estimate of drug-likeness (QED) is 0.747. The minimum Gasteiger partial charge on any atom is -0.376 e. The van der Waals surface area contributed by atoms with Crippen LogP contribution < -0.4 is 5.32 Å². The Labute approximate surface area is 122 Å². The Kier molecular flexibility index (Phi) is 5.78. The monoisotopic (exact) mass is 299 g/mol. The number of aromatic nitrogens is 4. The van der Waals surface area contributed by atoms with Gasteiger partial charge in [-0.05, 0) is 29.2 Å². The molecule has 0 saturated carbocycles. The van der Waals surface area contributed by atoms with E-state index in [0.717, 1.165) is 26.0 Å². The molecule has 0 radical (unpaired) electrons. The average molecular weight is 299 g/mol. The van der Waals surface area contributed by atoms with Crippen LogP contribution in [0.4, 0.5) is 0 Å². The fourth-order valence-corrected chi connectivity index (χ4v) is 2.69. The summed E-state index contributed by atoms with van der Waals surface area (Å²) in [5.41, 5.74) is 0. The van der Waals surface area contributed by atoms with Gasteiger partial charge in [0.1, 0.15) is 0 Å². The molecule has 1 unspecified atom stereocenters. The molecule has 1 saturated heterocycles. The van der Waals surface area contributed by atoms with Crippen molar-refractivity contribution >= 4 is 17.7 Å². The van der Waals surface area contributed by atoms with Crippen LogP contribution in [0.5, 0.6) is 0 Å². The van der Waals surface area contributed by atoms with Gasteiger partial charge < -0.3 is 10.1 Å². The molecule has 112 valence electrons. The van der Waals surface area contributed by atoms with Crippen LogP contribution in [-0.4, -0.2) is 51.1 Å². The van der Waals surface area contributed by atoms with Gasteiger partial charge in [-0.3, -0.25) is 4.79 Å². The SMILES string of the molecule is CC(C)Cn1nnnc1SCC(=O)NCC1CCCO1. The van der Waals surface area contributed by atoms with Gasteiger partial charge in [-0.1, -0.05) is 25.6 Å². The standard InChI is InChI=1S/C12H21N5O2S/c1-9(2)7-17-12(14-15-16-17)20-8-11(18)13-6-10-4-3-5-19-10/h9-10H,3-8H2,1-2H3,(H,13,18). The summed E-state index contributed by atoms with van der Waals surface area (Å²) in [6, 6.07) is 0. The molecule has 1 amide bonds. The summed E-state index contributed by atoms with van der Waals surface area (Å²) in [5, 5.41) is 15.1. The van der Waals surface area contributed by atoms with Gasteiger partial charge in [0.15, 0.2) is 0 Å². The molecule has 1 aliphatic heterocycles. The highest BCUT2D eigenvalue weighted by molar-refractivity contribution is 7.99. The van der Waals surface area contributed by atoms with Gasteiger partial charge in [-0.25, -0.2) is 4.68 Å². The molecule has 0 bridgehead atoms. The van der Waals surface area contributed by atoms with Crippen molar-refractivity contribution in [3.63, 3.8) is 0 Å². The Bertz CT molecular complexity index is 431. The number of carbonyl (C=O) groups excluding carboxylic acids is 1. The maximum atomic E-state index is 11.8. The number of ether oxygens (including phenoxy) is 1. The highest BCUT2D eigenvalue weighted by atomic mass is 32.2. The van der Waals surface area contributed by atoms with Crippen LogP contribution in [0.25, 0.3) is 0 Å². The van der Waals surface area contributed by atoms with E-state index in [1.54, 1.807) is 4.68 Å². The van der Waals surface area contributed by atoms with E-state index in [1.807, 2.05) is 0 Å². The number of thioether (sulfide) groups is 1. The van der Waals surface area contributed by atoms with Gasteiger partial charge in [0, 0.05) is 19.7 Å². The number of nitrogens with zero attached hydrogens (tertiary/aromatic N) is 4. The maximum absolute atomic E-state index is 11.8. The highest BCUT2D eigenvalue weighted by Gasteiger charge is 2.16. The van der Waals surface area contributed by atoms with E-state index in [1.165, 1.54) is 11.8 Å². The van der Waals surface area contributed by atoms with Crippen molar-refractivity contribution in [2.45, 2.75) is 44.5 Å². The third kappa shape index (κ3) is 4.75. The predicted molar refractivity (Wildman–Crippen MR) is 75.4 cm³/mol. The Morgan fingerprint density at radius 2 is 2.45 bits per heavy atom. The van der Waals surface area contributed by atoms with Crippen LogP contribution >= 0.6 is 11.8 Å². The van der Waals surface area contributed by atoms with Gasteiger partial charge in [0.2, 0.25) is 11.1 Å². The molecule has 0 aromatic carbocycles. The molecular formula is C12H21N5O2S. The second-order valence-electron chi connectivity index (χ2n) is 5.27. The summed E-state index contributed by atoms with van der Waals surface area (Å²) >= 11 is 1.36. The number of hydrogen-bond donors (Lipinski definition) is 1. The topological polar surface area (TPSA) is 81.9 Å². The number of rotatable bonds is 7. The average Bonchev–Trinajstić information content (AvgIpc) is 3.04. The number of carbonyl (C=O) groups is 1. The lowest BCUT2D eigenvalue weighted by atomic mass is 10.2. The third-order valence-electron chi connectivity index (χ3n) is 2.92. The van der Waals surface area contributed by atoms with Crippen LogP contribution in [0.1, 0.15) is 26.7 Å². The molecule has 2 rings (SSSR count). The van der Waals surface area contributed by atoms with E-state index in [0.29, 0.717) is 23.4 Å². The van der Waals surface area contributed by atoms with E-state index in [4.69, 9.17) is 4.74 Å². The second-order valence-corrected chi connectivity index (χ2v) is 6.21. The zero-order valence-corrected chi connectivity index (χ0v) is 12.7. The van der Waals surface area contributed by atoms with Crippen molar-refractivity contribution in [2.75, 3.05) is 18.9 Å². The summed E-state index contributed by atoms with van der Waals surface area (Å²) in [6.07, 6.45) is 2.29.